The van der Waals surface area contributed by atoms with Crippen molar-refractivity contribution < 1.29 is 9.59 Å². The summed E-state index contributed by atoms with van der Waals surface area (Å²) in [6.45, 7) is 3.93. The summed E-state index contributed by atoms with van der Waals surface area (Å²) >= 11 is 0. The number of carbonyl (C=O) groups excluding carboxylic acids is 2. The molecule has 7 heteroatoms. The Kier molecular flexibility index (Phi) is 2.63. The molecule has 1 aromatic carbocycles. The fourth-order valence-electron chi connectivity index (χ4n) is 2.51. The highest BCUT2D eigenvalue weighted by Gasteiger charge is 2.37. The van der Waals surface area contributed by atoms with E-state index in [2.05, 4.69) is 15.4 Å². The Labute approximate surface area is 115 Å². The van der Waals surface area contributed by atoms with Crippen LogP contribution in [0, 0.1) is 13.8 Å². The number of aryl methyl sites for hydroxylation is 3. The van der Waals surface area contributed by atoms with Crippen LogP contribution in [0.2, 0.25) is 0 Å². The van der Waals surface area contributed by atoms with E-state index in [0.29, 0.717) is 17.1 Å². The molecule has 0 radical (unpaired) electrons. The molecule has 20 heavy (non-hydrogen) atoms. The molecule has 0 saturated carbocycles. The first-order valence-electron chi connectivity index (χ1n) is 6.17. The Morgan fingerprint density at radius 1 is 1.20 bits per heavy atom. The second-order valence-electron chi connectivity index (χ2n) is 4.89. The molecule has 1 amide bonds. The predicted octanol–water partition coefficient (Wildman–Crippen LogP) is 0.556. The van der Waals surface area contributed by atoms with Crippen LogP contribution >= 0.6 is 0 Å². The Balaban J connectivity index is 2.06. The van der Waals surface area contributed by atoms with Gasteiger partial charge < -0.3 is 0 Å². The number of Topliss-reactive ketones (excluding diaryl/α,β-unsaturated/α-hetero) is 1. The average molecular weight is 271 g/mol. The van der Waals surface area contributed by atoms with Crippen LogP contribution in [0.1, 0.15) is 27.3 Å². The van der Waals surface area contributed by atoms with Gasteiger partial charge in [0.1, 0.15) is 0 Å². The number of tetrazole rings is 1. The Bertz CT molecular complexity index is 734. The first-order valence-corrected chi connectivity index (χ1v) is 6.17. The van der Waals surface area contributed by atoms with Crippen molar-refractivity contribution in [3.63, 3.8) is 0 Å². The molecule has 2 heterocycles. The molecule has 0 aliphatic carbocycles. The molecule has 3 rings (SSSR count). The summed E-state index contributed by atoms with van der Waals surface area (Å²) < 4.78 is 0. The van der Waals surface area contributed by atoms with Crippen molar-refractivity contribution in [2.24, 2.45) is 7.05 Å². The third-order valence-electron chi connectivity index (χ3n) is 3.25. The standard InChI is InChI=1S/C13H13N5O2/c1-7-4-8(2)11-9(5-7)12(19)13(20)18(11)6-10-14-16-17(3)15-10/h4-5H,6H2,1-3H3. The molecule has 1 aliphatic rings. The van der Waals surface area contributed by atoms with Gasteiger partial charge in [0.2, 0.25) is 0 Å². The zero-order valence-electron chi connectivity index (χ0n) is 11.4. The van der Waals surface area contributed by atoms with Crippen LogP contribution in [-0.4, -0.2) is 31.9 Å². The monoisotopic (exact) mass is 271 g/mol. The van der Waals surface area contributed by atoms with Gasteiger partial charge in [-0.15, -0.1) is 10.2 Å². The van der Waals surface area contributed by atoms with Crippen molar-refractivity contribution >= 4 is 17.4 Å². The first-order chi connectivity index (χ1) is 9.47. The van der Waals surface area contributed by atoms with Crippen LogP contribution in [0.25, 0.3) is 0 Å². The number of carbonyl (C=O) groups is 2. The van der Waals surface area contributed by atoms with E-state index in [1.165, 1.54) is 9.70 Å². The number of rotatable bonds is 2. The number of benzene rings is 1. The topological polar surface area (TPSA) is 81.0 Å². The molecule has 1 aliphatic heterocycles. The lowest BCUT2D eigenvalue weighted by molar-refractivity contribution is -0.114. The second-order valence-corrected chi connectivity index (χ2v) is 4.89. The highest BCUT2D eigenvalue weighted by Crippen LogP contribution is 2.34. The minimum absolute atomic E-state index is 0.148. The fourth-order valence-corrected chi connectivity index (χ4v) is 2.51. The van der Waals surface area contributed by atoms with Gasteiger partial charge in [-0.2, -0.15) is 4.80 Å². The SMILES string of the molecule is Cc1cc(C)c2c(c1)C(=O)C(=O)N2Cc1nnn(C)n1. The predicted molar refractivity (Wildman–Crippen MR) is 70.2 cm³/mol. The zero-order valence-corrected chi connectivity index (χ0v) is 11.4. The number of hydrogen-bond acceptors (Lipinski definition) is 5. The summed E-state index contributed by atoms with van der Waals surface area (Å²) in [6.07, 6.45) is 0. The molecule has 1 aromatic heterocycles. The number of nitrogens with zero attached hydrogens (tertiary/aromatic N) is 5. The van der Waals surface area contributed by atoms with E-state index in [9.17, 15) is 9.59 Å². The van der Waals surface area contributed by atoms with Crippen molar-refractivity contribution in [1.29, 1.82) is 0 Å². The third-order valence-corrected chi connectivity index (χ3v) is 3.25. The fraction of sp³-hybridized carbons (Fsp3) is 0.308. The number of ketones is 1. The number of hydrogen-bond donors (Lipinski definition) is 0. The Morgan fingerprint density at radius 3 is 2.60 bits per heavy atom. The maximum Gasteiger partial charge on any atom is 0.299 e. The van der Waals surface area contributed by atoms with E-state index < -0.39 is 11.7 Å². The lowest BCUT2D eigenvalue weighted by Crippen LogP contribution is -2.30. The van der Waals surface area contributed by atoms with Crippen molar-refractivity contribution in [1.82, 2.24) is 20.2 Å². The molecule has 7 nitrogen and oxygen atoms in total. The van der Waals surface area contributed by atoms with Crippen LogP contribution in [0.5, 0.6) is 0 Å². The first kappa shape index (κ1) is 12.5. The third kappa shape index (κ3) is 1.78. The van der Waals surface area contributed by atoms with E-state index in [-0.39, 0.29) is 6.54 Å². The summed E-state index contributed by atoms with van der Waals surface area (Å²) in [7, 11) is 1.65. The van der Waals surface area contributed by atoms with E-state index in [1.807, 2.05) is 19.9 Å². The van der Waals surface area contributed by atoms with Crippen LogP contribution in [0.3, 0.4) is 0 Å². The number of anilines is 1. The van der Waals surface area contributed by atoms with E-state index in [1.54, 1.807) is 13.1 Å². The molecule has 0 spiro atoms. The van der Waals surface area contributed by atoms with Gasteiger partial charge in [-0.3, -0.25) is 14.5 Å². The summed E-state index contributed by atoms with van der Waals surface area (Å²) in [4.78, 5) is 26.9. The minimum Gasteiger partial charge on any atom is -0.297 e. The Hall–Kier alpha value is -2.57. The summed E-state index contributed by atoms with van der Waals surface area (Å²) in [5.41, 5.74) is 2.96. The van der Waals surface area contributed by atoms with Crippen molar-refractivity contribution in [2.75, 3.05) is 4.90 Å². The van der Waals surface area contributed by atoms with Gasteiger partial charge in [-0.05, 0) is 36.3 Å². The van der Waals surface area contributed by atoms with Gasteiger partial charge in [0.25, 0.3) is 11.7 Å². The average Bonchev–Trinajstić information content (AvgIpc) is 2.88. The lowest BCUT2D eigenvalue weighted by Gasteiger charge is -2.16. The van der Waals surface area contributed by atoms with Crippen molar-refractivity contribution in [2.45, 2.75) is 20.4 Å². The van der Waals surface area contributed by atoms with Gasteiger partial charge >= 0.3 is 0 Å². The van der Waals surface area contributed by atoms with Crippen molar-refractivity contribution in [3.8, 4) is 0 Å². The smallest absolute Gasteiger partial charge is 0.297 e. The number of amides is 1. The maximum absolute atomic E-state index is 12.1. The maximum atomic E-state index is 12.1. The molecule has 0 unspecified atom stereocenters. The van der Waals surface area contributed by atoms with Gasteiger partial charge in [0.15, 0.2) is 5.82 Å². The molecule has 0 fully saturated rings. The molecule has 2 aromatic rings. The number of fused-ring (bicyclic) bond motifs is 1. The van der Waals surface area contributed by atoms with Gasteiger partial charge in [0, 0.05) is 0 Å². The summed E-state index contributed by atoms with van der Waals surface area (Å²) in [5.74, 6) is -0.613. The molecule has 0 atom stereocenters. The zero-order chi connectivity index (χ0) is 14.4. The van der Waals surface area contributed by atoms with E-state index in [0.717, 1.165) is 11.1 Å². The van der Waals surface area contributed by atoms with Gasteiger partial charge in [-0.1, -0.05) is 6.07 Å². The highest BCUT2D eigenvalue weighted by molar-refractivity contribution is 6.52. The van der Waals surface area contributed by atoms with Crippen LogP contribution < -0.4 is 4.90 Å². The molecule has 102 valence electrons. The molecule has 0 bridgehead atoms. The lowest BCUT2D eigenvalue weighted by atomic mass is 10.0. The van der Waals surface area contributed by atoms with E-state index >= 15 is 0 Å². The largest absolute Gasteiger partial charge is 0.299 e. The van der Waals surface area contributed by atoms with Crippen LogP contribution in [0.4, 0.5) is 5.69 Å². The minimum atomic E-state index is -0.541. The quantitative estimate of drug-likeness (QED) is 0.745. The Morgan fingerprint density at radius 2 is 1.95 bits per heavy atom. The molecular formula is C13H13N5O2. The highest BCUT2D eigenvalue weighted by atomic mass is 16.2. The normalized spacial score (nSPS) is 14.1. The summed E-state index contributed by atoms with van der Waals surface area (Å²) in [6, 6.07) is 3.69. The molecule has 0 N–H and O–H groups in total. The van der Waals surface area contributed by atoms with Crippen LogP contribution in [0.15, 0.2) is 12.1 Å². The van der Waals surface area contributed by atoms with Crippen molar-refractivity contribution in [3.05, 3.63) is 34.6 Å². The molecule has 0 saturated heterocycles. The molecular weight excluding hydrogens is 258 g/mol. The van der Waals surface area contributed by atoms with E-state index in [4.69, 9.17) is 0 Å². The second kappa shape index (κ2) is 4.22. The van der Waals surface area contributed by atoms with Gasteiger partial charge in [0.05, 0.1) is 24.8 Å². The van der Waals surface area contributed by atoms with Gasteiger partial charge in [-0.25, -0.2) is 0 Å². The number of aromatic nitrogens is 4. The van der Waals surface area contributed by atoms with Crippen LogP contribution in [-0.2, 0) is 18.4 Å². The summed E-state index contributed by atoms with van der Waals surface area (Å²) in [5, 5.41) is 11.6.